The normalized spacial score (nSPS) is 11.7. The van der Waals surface area contributed by atoms with Gasteiger partial charge < -0.3 is 8.83 Å². The standard InChI is InChI=1S/C14H12N2O4S/c1-9-6-7-12(19-9)14-16-15-13(20-14)10-4-3-5-11(8-10)21(2,17)18/h3-8H,1-2H3. The van der Waals surface area contributed by atoms with Crippen molar-refractivity contribution in [1.82, 2.24) is 10.2 Å². The molecule has 0 saturated heterocycles. The Bertz CT molecular complexity index is 893. The highest BCUT2D eigenvalue weighted by atomic mass is 32.2. The largest absolute Gasteiger partial charge is 0.456 e. The first-order valence-electron chi connectivity index (χ1n) is 6.14. The van der Waals surface area contributed by atoms with E-state index in [1.54, 1.807) is 24.3 Å². The van der Waals surface area contributed by atoms with Gasteiger partial charge in [-0.3, -0.25) is 0 Å². The number of furan rings is 1. The maximum absolute atomic E-state index is 11.6. The maximum atomic E-state index is 11.6. The summed E-state index contributed by atoms with van der Waals surface area (Å²) in [6.45, 7) is 1.82. The van der Waals surface area contributed by atoms with Crippen molar-refractivity contribution in [3.63, 3.8) is 0 Å². The summed E-state index contributed by atoms with van der Waals surface area (Å²) < 4.78 is 34.1. The van der Waals surface area contributed by atoms with Crippen LogP contribution in [0.25, 0.3) is 23.1 Å². The smallest absolute Gasteiger partial charge is 0.283 e. The number of aryl methyl sites for hydroxylation is 1. The molecule has 1 aromatic carbocycles. The van der Waals surface area contributed by atoms with Crippen molar-refractivity contribution in [3.8, 4) is 23.1 Å². The van der Waals surface area contributed by atoms with Gasteiger partial charge in [-0.25, -0.2) is 8.42 Å². The Morgan fingerprint density at radius 2 is 1.76 bits per heavy atom. The third-order valence-electron chi connectivity index (χ3n) is 2.89. The number of rotatable bonds is 3. The van der Waals surface area contributed by atoms with E-state index in [-0.39, 0.29) is 16.7 Å². The summed E-state index contributed by atoms with van der Waals surface area (Å²) in [7, 11) is -3.28. The molecule has 2 heterocycles. The van der Waals surface area contributed by atoms with Crippen LogP contribution < -0.4 is 0 Å². The van der Waals surface area contributed by atoms with Crippen molar-refractivity contribution in [2.45, 2.75) is 11.8 Å². The SMILES string of the molecule is Cc1ccc(-c2nnc(-c3cccc(S(C)(=O)=O)c3)o2)o1. The third kappa shape index (κ3) is 2.73. The van der Waals surface area contributed by atoms with Crippen LogP contribution in [0.2, 0.25) is 0 Å². The van der Waals surface area contributed by atoms with Crippen LogP contribution in [0, 0.1) is 6.92 Å². The summed E-state index contributed by atoms with van der Waals surface area (Å²) in [6.07, 6.45) is 1.15. The second-order valence-electron chi connectivity index (χ2n) is 4.62. The van der Waals surface area contributed by atoms with Crippen LogP contribution in [0.3, 0.4) is 0 Å². The van der Waals surface area contributed by atoms with Crippen LogP contribution in [0.1, 0.15) is 5.76 Å². The van der Waals surface area contributed by atoms with E-state index in [2.05, 4.69) is 10.2 Å². The van der Waals surface area contributed by atoms with E-state index in [4.69, 9.17) is 8.83 Å². The van der Waals surface area contributed by atoms with Crippen molar-refractivity contribution in [3.05, 3.63) is 42.2 Å². The number of aromatic nitrogens is 2. The Hall–Kier alpha value is -2.41. The fourth-order valence-electron chi connectivity index (χ4n) is 1.85. The lowest BCUT2D eigenvalue weighted by molar-refractivity contribution is 0.505. The molecule has 0 atom stereocenters. The molecule has 108 valence electrons. The van der Waals surface area contributed by atoms with E-state index < -0.39 is 9.84 Å². The molecule has 0 N–H and O–H groups in total. The van der Waals surface area contributed by atoms with Gasteiger partial charge in [-0.1, -0.05) is 6.07 Å². The molecule has 0 aliphatic heterocycles. The van der Waals surface area contributed by atoms with Gasteiger partial charge in [0.05, 0.1) is 4.90 Å². The van der Waals surface area contributed by atoms with Gasteiger partial charge >= 0.3 is 0 Å². The molecule has 0 bridgehead atoms. The zero-order valence-electron chi connectivity index (χ0n) is 11.4. The molecule has 0 saturated carbocycles. The van der Waals surface area contributed by atoms with E-state index in [1.165, 1.54) is 12.1 Å². The Labute approximate surface area is 121 Å². The number of hydrogen-bond acceptors (Lipinski definition) is 6. The van der Waals surface area contributed by atoms with Crippen LogP contribution in [-0.4, -0.2) is 24.9 Å². The number of hydrogen-bond donors (Lipinski definition) is 0. The molecule has 0 spiro atoms. The van der Waals surface area contributed by atoms with Crippen molar-refractivity contribution in [1.29, 1.82) is 0 Å². The molecule has 0 aliphatic carbocycles. The molecule has 0 unspecified atom stereocenters. The van der Waals surface area contributed by atoms with Gasteiger partial charge in [0, 0.05) is 11.8 Å². The molecular weight excluding hydrogens is 292 g/mol. The van der Waals surface area contributed by atoms with E-state index in [1.807, 2.05) is 6.92 Å². The van der Waals surface area contributed by atoms with Crippen molar-refractivity contribution >= 4 is 9.84 Å². The fraction of sp³-hybridized carbons (Fsp3) is 0.143. The average Bonchev–Trinajstić information content (AvgIpc) is 3.06. The van der Waals surface area contributed by atoms with E-state index in [0.717, 1.165) is 12.0 Å². The minimum Gasteiger partial charge on any atom is -0.456 e. The van der Waals surface area contributed by atoms with E-state index in [9.17, 15) is 8.42 Å². The zero-order chi connectivity index (χ0) is 15.0. The summed E-state index contributed by atoms with van der Waals surface area (Å²) in [5.41, 5.74) is 0.542. The summed E-state index contributed by atoms with van der Waals surface area (Å²) in [5.74, 6) is 1.71. The van der Waals surface area contributed by atoms with Gasteiger partial charge in [-0.2, -0.15) is 0 Å². The van der Waals surface area contributed by atoms with Crippen LogP contribution >= 0.6 is 0 Å². The Kier molecular flexibility index (Phi) is 3.13. The summed E-state index contributed by atoms with van der Waals surface area (Å²) >= 11 is 0. The quantitative estimate of drug-likeness (QED) is 0.739. The molecule has 0 radical (unpaired) electrons. The second kappa shape index (κ2) is 4.85. The number of nitrogens with zero attached hydrogens (tertiary/aromatic N) is 2. The first-order valence-corrected chi connectivity index (χ1v) is 8.03. The van der Waals surface area contributed by atoms with Gasteiger partial charge in [0.15, 0.2) is 15.6 Å². The third-order valence-corrected chi connectivity index (χ3v) is 4.00. The minimum absolute atomic E-state index is 0.202. The molecule has 21 heavy (non-hydrogen) atoms. The molecule has 7 heteroatoms. The van der Waals surface area contributed by atoms with Gasteiger partial charge in [0.1, 0.15) is 5.76 Å². The van der Waals surface area contributed by atoms with Crippen molar-refractivity contribution in [2.24, 2.45) is 0 Å². The van der Waals surface area contributed by atoms with Crippen LogP contribution in [-0.2, 0) is 9.84 Å². The number of benzene rings is 1. The monoisotopic (exact) mass is 304 g/mol. The first kappa shape index (κ1) is 13.6. The minimum atomic E-state index is -3.28. The fourth-order valence-corrected chi connectivity index (χ4v) is 2.52. The lowest BCUT2D eigenvalue weighted by Crippen LogP contribution is -1.96. The predicted molar refractivity (Wildman–Crippen MR) is 75.3 cm³/mol. The second-order valence-corrected chi connectivity index (χ2v) is 6.64. The van der Waals surface area contributed by atoms with E-state index >= 15 is 0 Å². The summed E-state index contributed by atoms with van der Waals surface area (Å²) in [5, 5.41) is 7.83. The summed E-state index contributed by atoms with van der Waals surface area (Å²) in [6, 6.07) is 9.89. The predicted octanol–water partition coefficient (Wildman–Crippen LogP) is 2.71. The van der Waals surface area contributed by atoms with Crippen molar-refractivity contribution in [2.75, 3.05) is 6.26 Å². The van der Waals surface area contributed by atoms with Crippen LogP contribution in [0.5, 0.6) is 0 Å². The molecule has 0 fully saturated rings. The highest BCUT2D eigenvalue weighted by molar-refractivity contribution is 7.90. The average molecular weight is 304 g/mol. The van der Waals surface area contributed by atoms with Crippen molar-refractivity contribution < 1.29 is 17.3 Å². The van der Waals surface area contributed by atoms with Crippen LogP contribution in [0.15, 0.2) is 50.1 Å². The van der Waals surface area contributed by atoms with E-state index in [0.29, 0.717) is 11.3 Å². The Morgan fingerprint density at radius 3 is 2.43 bits per heavy atom. The molecule has 3 rings (SSSR count). The van der Waals surface area contributed by atoms with Gasteiger partial charge in [-0.15, -0.1) is 10.2 Å². The topological polar surface area (TPSA) is 86.2 Å². The first-order chi connectivity index (χ1) is 9.93. The molecule has 2 aromatic heterocycles. The zero-order valence-corrected chi connectivity index (χ0v) is 12.2. The molecule has 0 aliphatic rings. The summed E-state index contributed by atoms with van der Waals surface area (Å²) in [4.78, 5) is 0.202. The Balaban J connectivity index is 2.01. The Morgan fingerprint density at radius 1 is 1.00 bits per heavy atom. The highest BCUT2D eigenvalue weighted by Gasteiger charge is 2.15. The molecular formula is C14H12N2O4S. The lowest BCUT2D eigenvalue weighted by atomic mass is 10.2. The molecule has 6 nitrogen and oxygen atoms in total. The highest BCUT2D eigenvalue weighted by Crippen LogP contribution is 2.26. The maximum Gasteiger partial charge on any atom is 0.283 e. The molecule has 3 aromatic rings. The van der Waals surface area contributed by atoms with Crippen LogP contribution in [0.4, 0.5) is 0 Å². The van der Waals surface area contributed by atoms with Gasteiger partial charge in [0.2, 0.25) is 5.89 Å². The lowest BCUT2D eigenvalue weighted by Gasteiger charge is -1.99. The van der Waals surface area contributed by atoms with Gasteiger partial charge in [0.25, 0.3) is 5.89 Å². The van der Waals surface area contributed by atoms with Gasteiger partial charge in [-0.05, 0) is 37.3 Å². The molecule has 0 amide bonds. The number of sulfone groups is 1.